The van der Waals surface area contributed by atoms with Crippen LogP contribution in [-0.2, 0) is 32.5 Å². The fraction of sp³-hybridized carbons (Fsp3) is 0.400. The van der Waals surface area contributed by atoms with Crippen molar-refractivity contribution in [2.75, 3.05) is 44.5 Å². The summed E-state index contributed by atoms with van der Waals surface area (Å²) in [4.78, 5) is 15.9. The van der Waals surface area contributed by atoms with Gasteiger partial charge in [-0.3, -0.25) is 9.69 Å². The summed E-state index contributed by atoms with van der Waals surface area (Å²) in [6, 6.07) is 18.8. The fourth-order valence-corrected chi connectivity index (χ4v) is 7.07. The Hall–Kier alpha value is -3.86. The molecule has 9 nitrogen and oxygen atoms in total. The molecule has 0 aliphatic carbocycles. The molecule has 1 amide bonds. The molecule has 0 aromatic heterocycles. The van der Waals surface area contributed by atoms with Crippen LogP contribution in [0.25, 0.3) is 6.08 Å². The maximum atomic E-state index is 13.3. The van der Waals surface area contributed by atoms with Gasteiger partial charge >= 0.3 is 0 Å². The molecule has 0 saturated carbocycles. The zero-order valence-electron chi connectivity index (χ0n) is 26.2. The molecule has 0 atom stereocenters. The second-order valence-corrected chi connectivity index (χ2v) is 13.4. The Morgan fingerprint density at radius 2 is 1.62 bits per heavy atom. The number of fused-ring (bicyclic) bond motifs is 1. The van der Waals surface area contributed by atoms with Gasteiger partial charge in [-0.2, -0.15) is 0 Å². The number of hydrogen-bond acceptors (Lipinski definition) is 8. The normalized spacial score (nSPS) is 16.3. The molecule has 10 heteroatoms. The Bertz CT molecular complexity index is 1610. The number of amides is 1. The Morgan fingerprint density at radius 1 is 0.911 bits per heavy atom. The lowest BCUT2D eigenvalue weighted by Gasteiger charge is -2.31. The van der Waals surface area contributed by atoms with Gasteiger partial charge in [-0.05, 0) is 105 Å². The molecular formula is C35H42N2O7S. The first-order valence-electron chi connectivity index (χ1n) is 15.5. The predicted octanol–water partition coefficient (Wildman–Crippen LogP) is 5.87. The molecule has 2 heterocycles. The van der Waals surface area contributed by atoms with Gasteiger partial charge < -0.3 is 24.3 Å². The molecule has 0 bridgehead atoms. The lowest BCUT2D eigenvalue weighted by molar-refractivity contribution is -0.112. The topological polar surface area (TPSA) is 103 Å². The summed E-state index contributed by atoms with van der Waals surface area (Å²) in [6.07, 6.45) is 3.83. The molecule has 2 aliphatic heterocycles. The van der Waals surface area contributed by atoms with Gasteiger partial charge in [0.2, 0.25) is 0 Å². The minimum absolute atomic E-state index is 0.111. The van der Waals surface area contributed by atoms with E-state index in [0.717, 1.165) is 43.7 Å². The molecule has 1 saturated heterocycles. The van der Waals surface area contributed by atoms with Crippen LogP contribution >= 0.6 is 0 Å². The molecule has 3 aromatic carbocycles. The quantitative estimate of drug-likeness (QED) is 0.264. The van der Waals surface area contributed by atoms with Crippen LogP contribution in [0.15, 0.2) is 71.1 Å². The van der Waals surface area contributed by atoms with E-state index in [2.05, 4.69) is 17.3 Å². The standard InChI is InChI=1S/C35H42N2O7S/c1-4-42-32-12-8-26(20-33(32)43-5-2)24-44-31-11-13-34-28(22-31)21-27(16-19-45(34,39)40)35(38)36-29-9-6-25(7-10-29)23-37(3)30-14-17-41-18-15-30/h6-13,20-22,30H,4-5,14-19,23-24H2,1-3H3,(H,36,38). The van der Waals surface area contributed by atoms with E-state index in [4.69, 9.17) is 18.9 Å². The van der Waals surface area contributed by atoms with E-state index in [-0.39, 0.29) is 29.6 Å². The minimum atomic E-state index is -3.58. The first-order valence-corrected chi connectivity index (χ1v) is 17.2. The Labute approximate surface area is 266 Å². The van der Waals surface area contributed by atoms with Crippen molar-refractivity contribution in [3.63, 3.8) is 0 Å². The van der Waals surface area contributed by atoms with E-state index < -0.39 is 9.84 Å². The lowest BCUT2D eigenvalue weighted by atomic mass is 10.1. The van der Waals surface area contributed by atoms with E-state index in [1.54, 1.807) is 24.3 Å². The van der Waals surface area contributed by atoms with Crippen LogP contribution in [-0.4, -0.2) is 64.5 Å². The van der Waals surface area contributed by atoms with Crippen molar-refractivity contribution in [3.8, 4) is 17.2 Å². The molecule has 2 aliphatic rings. The van der Waals surface area contributed by atoms with Gasteiger partial charge in [0.05, 0.1) is 23.9 Å². The smallest absolute Gasteiger partial charge is 0.251 e. The molecule has 1 fully saturated rings. The number of nitrogens with one attached hydrogen (secondary N) is 1. The maximum Gasteiger partial charge on any atom is 0.251 e. The predicted molar refractivity (Wildman–Crippen MR) is 175 cm³/mol. The molecule has 0 spiro atoms. The number of anilines is 1. The molecule has 45 heavy (non-hydrogen) atoms. The van der Waals surface area contributed by atoms with Crippen LogP contribution in [0.4, 0.5) is 5.69 Å². The number of sulfone groups is 1. The van der Waals surface area contributed by atoms with Crippen LogP contribution in [0.5, 0.6) is 17.2 Å². The SMILES string of the molecule is CCOc1ccc(COc2ccc3c(c2)C=C(C(=O)Nc2ccc(CN(C)C4CCOCC4)cc2)CCS3(=O)=O)cc1OCC. The van der Waals surface area contributed by atoms with E-state index >= 15 is 0 Å². The van der Waals surface area contributed by atoms with Crippen LogP contribution in [0.1, 0.15) is 49.8 Å². The largest absolute Gasteiger partial charge is 0.490 e. The van der Waals surface area contributed by atoms with Crippen molar-refractivity contribution in [1.82, 2.24) is 4.90 Å². The highest BCUT2D eigenvalue weighted by Gasteiger charge is 2.25. The summed E-state index contributed by atoms with van der Waals surface area (Å²) in [5, 5.41) is 2.95. The number of ether oxygens (including phenoxy) is 4. The van der Waals surface area contributed by atoms with Crippen molar-refractivity contribution >= 4 is 27.5 Å². The summed E-state index contributed by atoms with van der Waals surface area (Å²) in [6.45, 7) is 7.53. The van der Waals surface area contributed by atoms with Gasteiger partial charge in [0.15, 0.2) is 21.3 Å². The van der Waals surface area contributed by atoms with E-state index in [1.165, 1.54) is 0 Å². The molecule has 0 radical (unpaired) electrons. The first kappa shape index (κ1) is 32.5. The van der Waals surface area contributed by atoms with Crippen LogP contribution < -0.4 is 19.5 Å². The fourth-order valence-electron chi connectivity index (χ4n) is 5.61. The van der Waals surface area contributed by atoms with Crippen molar-refractivity contribution < 1.29 is 32.2 Å². The Morgan fingerprint density at radius 3 is 2.36 bits per heavy atom. The molecule has 240 valence electrons. The number of carbonyl (C=O) groups excluding carboxylic acids is 1. The van der Waals surface area contributed by atoms with Gasteiger partial charge in [-0.15, -0.1) is 0 Å². The highest BCUT2D eigenvalue weighted by atomic mass is 32.2. The van der Waals surface area contributed by atoms with Crippen molar-refractivity contribution in [1.29, 1.82) is 0 Å². The zero-order valence-corrected chi connectivity index (χ0v) is 27.0. The highest BCUT2D eigenvalue weighted by molar-refractivity contribution is 7.91. The number of benzene rings is 3. The molecular weight excluding hydrogens is 592 g/mol. The highest BCUT2D eigenvalue weighted by Crippen LogP contribution is 2.32. The molecule has 3 aromatic rings. The Balaban J connectivity index is 1.27. The summed E-state index contributed by atoms with van der Waals surface area (Å²) < 4.78 is 49.1. The maximum absolute atomic E-state index is 13.3. The number of hydrogen-bond donors (Lipinski definition) is 1. The lowest BCUT2D eigenvalue weighted by Crippen LogP contribution is -2.36. The second-order valence-electron chi connectivity index (χ2n) is 11.3. The summed E-state index contributed by atoms with van der Waals surface area (Å²) in [5.74, 6) is 1.33. The van der Waals surface area contributed by atoms with Gasteiger partial charge in [-0.25, -0.2) is 8.42 Å². The third kappa shape index (κ3) is 8.45. The molecule has 1 N–H and O–H groups in total. The van der Waals surface area contributed by atoms with Gasteiger partial charge in [0.1, 0.15) is 12.4 Å². The van der Waals surface area contributed by atoms with Gasteiger partial charge in [0, 0.05) is 37.1 Å². The third-order valence-corrected chi connectivity index (χ3v) is 9.83. The van der Waals surface area contributed by atoms with Crippen molar-refractivity contribution in [2.45, 2.75) is 57.2 Å². The van der Waals surface area contributed by atoms with E-state index in [9.17, 15) is 13.2 Å². The molecule has 5 rings (SSSR count). The number of nitrogens with zero attached hydrogens (tertiary/aromatic N) is 1. The number of rotatable bonds is 12. The number of carbonyl (C=O) groups is 1. The van der Waals surface area contributed by atoms with Gasteiger partial charge in [-0.1, -0.05) is 18.2 Å². The van der Waals surface area contributed by atoms with E-state index in [1.807, 2.05) is 56.3 Å². The second kappa shape index (κ2) is 14.9. The monoisotopic (exact) mass is 634 g/mol. The summed E-state index contributed by atoms with van der Waals surface area (Å²) in [7, 11) is -1.45. The summed E-state index contributed by atoms with van der Waals surface area (Å²) >= 11 is 0. The van der Waals surface area contributed by atoms with Crippen LogP contribution in [0, 0.1) is 0 Å². The molecule has 0 unspecified atom stereocenters. The van der Waals surface area contributed by atoms with Crippen molar-refractivity contribution in [2.24, 2.45) is 0 Å². The van der Waals surface area contributed by atoms with E-state index in [0.29, 0.717) is 53.3 Å². The third-order valence-electron chi connectivity index (χ3n) is 8.05. The average molecular weight is 635 g/mol. The zero-order chi connectivity index (χ0) is 31.8. The van der Waals surface area contributed by atoms with Crippen LogP contribution in [0.3, 0.4) is 0 Å². The van der Waals surface area contributed by atoms with Crippen molar-refractivity contribution in [3.05, 3.63) is 82.9 Å². The van der Waals surface area contributed by atoms with Crippen LogP contribution in [0.2, 0.25) is 0 Å². The average Bonchev–Trinajstić information content (AvgIpc) is 3.17. The summed E-state index contributed by atoms with van der Waals surface area (Å²) in [5.41, 5.74) is 3.52. The Kier molecular flexibility index (Phi) is 10.8. The minimum Gasteiger partial charge on any atom is -0.490 e. The van der Waals surface area contributed by atoms with Gasteiger partial charge in [0.25, 0.3) is 5.91 Å². The first-order chi connectivity index (χ1) is 21.8.